The van der Waals surface area contributed by atoms with Gasteiger partial charge in [0.2, 0.25) is 0 Å². The Morgan fingerprint density at radius 2 is 2.11 bits per heavy atom. The first-order valence-corrected chi connectivity index (χ1v) is 6.08. The van der Waals surface area contributed by atoms with Gasteiger partial charge in [-0.3, -0.25) is 4.90 Å². The van der Waals surface area contributed by atoms with Crippen LogP contribution in [0.15, 0.2) is 36.9 Å². The predicted molar refractivity (Wildman–Crippen MR) is 73.4 cm³/mol. The fourth-order valence-corrected chi connectivity index (χ4v) is 1.85. The third-order valence-electron chi connectivity index (χ3n) is 3.04. The van der Waals surface area contributed by atoms with Crippen molar-refractivity contribution in [2.75, 3.05) is 20.2 Å². The summed E-state index contributed by atoms with van der Waals surface area (Å²) >= 11 is 0. The molecule has 0 radical (unpaired) electrons. The largest absolute Gasteiger partial charge is 0.497 e. The highest BCUT2D eigenvalue weighted by molar-refractivity contribution is 5.29. The number of benzene rings is 1. The summed E-state index contributed by atoms with van der Waals surface area (Å²) in [6.45, 7) is 7.12. The first-order valence-electron chi connectivity index (χ1n) is 6.08. The van der Waals surface area contributed by atoms with Gasteiger partial charge in [0.1, 0.15) is 5.75 Å². The average molecular weight is 244 g/mol. The quantitative estimate of drug-likeness (QED) is 0.546. The lowest BCUT2D eigenvalue weighted by Gasteiger charge is -2.26. The van der Waals surface area contributed by atoms with E-state index in [0.717, 1.165) is 18.7 Å². The lowest BCUT2D eigenvalue weighted by Crippen LogP contribution is -2.28. The van der Waals surface area contributed by atoms with Crippen molar-refractivity contribution >= 4 is 0 Å². The van der Waals surface area contributed by atoms with E-state index in [9.17, 15) is 0 Å². The Hall–Kier alpha value is -1.79. The monoisotopic (exact) mass is 244 g/mol. The molecular formula is C15H20N2O. The topological polar surface area (TPSA) is 36.3 Å². The number of rotatable bonds is 7. The maximum Gasteiger partial charge on any atom is 0.118 e. The highest BCUT2D eigenvalue weighted by Crippen LogP contribution is 2.22. The van der Waals surface area contributed by atoms with E-state index in [-0.39, 0.29) is 6.04 Å². The zero-order chi connectivity index (χ0) is 13.4. The second-order valence-corrected chi connectivity index (χ2v) is 4.16. The minimum absolute atomic E-state index is 0.218. The smallest absolute Gasteiger partial charge is 0.118 e. The zero-order valence-electron chi connectivity index (χ0n) is 11.1. The molecule has 0 fully saturated rings. The van der Waals surface area contributed by atoms with Gasteiger partial charge in [0.25, 0.3) is 0 Å². The summed E-state index contributed by atoms with van der Waals surface area (Å²) in [6.07, 6.45) is 2.77. The zero-order valence-corrected chi connectivity index (χ0v) is 11.1. The minimum Gasteiger partial charge on any atom is -0.497 e. The molecule has 0 aromatic heterocycles. The normalized spacial score (nSPS) is 11.9. The number of methoxy groups -OCH3 is 1. The van der Waals surface area contributed by atoms with Crippen LogP contribution in [0.25, 0.3) is 0 Å². The number of nitrogens with zero attached hydrogens (tertiary/aromatic N) is 2. The molecule has 0 amide bonds. The Balaban J connectivity index is 2.76. The maximum absolute atomic E-state index is 8.88. The van der Waals surface area contributed by atoms with Gasteiger partial charge in [-0.15, -0.1) is 6.58 Å². The summed E-state index contributed by atoms with van der Waals surface area (Å²) in [5.41, 5.74) is 1.19. The Bertz CT molecular complexity index is 405. The van der Waals surface area contributed by atoms with Gasteiger partial charge in [0, 0.05) is 12.6 Å². The van der Waals surface area contributed by atoms with Crippen LogP contribution < -0.4 is 4.74 Å². The Morgan fingerprint density at radius 3 is 2.61 bits per heavy atom. The van der Waals surface area contributed by atoms with E-state index in [4.69, 9.17) is 10.00 Å². The average Bonchev–Trinajstić information content (AvgIpc) is 2.43. The molecular weight excluding hydrogens is 224 g/mol. The van der Waals surface area contributed by atoms with Gasteiger partial charge >= 0.3 is 0 Å². The van der Waals surface area contributed by atoms with Gasteiger partial charge in [-0.05, 0) is 31.0 Å². The molecule has 1 rings (SSSR count). The van der Waals surface area contributed by atoms with Crippen LogP contribution in [-0.4, -0.2) is 25.1 Å². The van der Waals surface area contributed by atoms with Crippen molar-refractivity contribution in [1.29, 1.82) is 5.26 Å². The summed E-state index contributed by atoms with van der Waals surface area (Å²) in [5.74, 6) is 0.851. The molecule has 0 aliphatic rings. The SMILES string of the molecule is C=CCCN(CC#N)[C@H](C)c1ccc(OC)cc1. The Morgan fingerprint density at radius 1 is 1.44 bits per heavy atom. The molecule has 1 aromatic carbocycles. The van der Waals surface area contributed by atoms with Crippen LogP contribution in [0.3, 0.4) is 0 Å². The molecule has 96 valence electrons. The highest BCUT2D eigenvalue weighted by Gasteiger charge is 2.14. The van der Waals surface area contributed by atoms with Crippen LogP contribution in [0, 0.1) is 11.3 Å². The second-order valence-electron chi connectivity index (χ2n) is 4.16. The standard InChI is InChI=1S/C15H20N2O/c1-4-5-11-17(12-10-16)13(2)14-6-8-15(18-3)9-7-14/h4,6-9,13H,1,5,11-12H2,2-3H3/t13-/m1/s1. The summed E-state index contributed by atoms with van der Waals surface area (Å²) in [7, 11) is 1.66. The molecule has 0 bridgehead atoms. The molecule has 3 nitrogen and oxygen atoms in total. The number of nitriles is 1. The maximum atomic E-state index is 8.88. The highest BCUT2D eigenvalue weighted by atomic mass is 16.5. The fraction of sp³-hybridized carbons (Fsp3) is 0.400. The number of hydrogen-bond donors (Lipinski definition) is 0. The lowest BCUT2D eigenvalue weighted by molar-refractivity contribution is 0.241. The van der Waals surface area contributed by atoms with Crippen LogP contribution in [0.1, 0.15) is 24.9 Å². The van der Waals surface area contributed by atoms with E-state index in [2.05, 4.69) is 24.5 Å². The van der Waals surface area contributed by atoms with Gasteiger partial charge in [0.05, 0.1) is 19.7 Å². The summed E-state index contributed by atoms with van der Waals surface area (Å²) < 4.78 is 5.14. The Labute approximate surface area is 109 Å². The third-order valence-corrected chi connectivity index (χ3v) is 3.04. The van der Waals surface area contributed by atoms with Gasteiger partial charge in [-0.2, -0.15) is 5.26 Å². The number of ether oxygens (including phenoxy) is 1. The summed E-state index contributed by atoms with van der Waals surface area (Å²) in [6, 6.07) is 10.4. The van der Waals surface area contributed by atoms with Crippen LogP contribution >= 0.6 is 0 Å². The van der Waals surface area contributed by atoms with E-state index in [1.807, 2.05) is 30.3 Å². The summed E-state index contributed by atoms with van der Waals surface area (Å²) in [5, 5.41) is 8.88. The van der Waals surface area contributed by atoms with Crippen molar-refractivity contribution in [3.05, 3.63) is 42.5 Å². The Kier molecular flexibility index (Phi) is 5.96. The van der Waals surface area contributed by atoms with Crippen molar-refractivity contribution in [2.45, 2.75) is 19.4 Å². The molecule has 1 aromatic rings. The van der Waals surface area contributed by atoms with Gasteiger partial charge in [-0.25, -0.2) is 0 Å². The van der Waals surface area contributed by atoms with Crippen molar-refractivity contribution in [2.24, 2.45) is 0 Å². The van der Waals surface area contributed by atoms with E-state index in [1.54, 1.807) is 7.11 Å². The second kappa shape index (κ2) is 7.52. The molecule has 1 atom stereocenters. The van der Waals surface area contributed by atoms with E-state index in [0.29, 0.717) is 6.54 Å². The van der Waals surface area contributed by atoms with Crippen LogP contribution in [-0.2, 0) is 0 Å². The predicted octanol–water partition coefficient (Wildman–Crippen LogP) is 3.16. The van der Waals surface area contributed by atoms with Crippen LogP contribution in [0.5, 0.6) is 5.75 Å². The molecule has 0 heterocycles. The van der Waals surface area contributed by atoms with E-state index >= 15 is 0 Å². The van der Waals surface area contributed by atoms with Gasteiger partial charge in [0.15, 0.2) is 0 Å². The third kappa shape index (κ3) is 3.90. The van der Waals surface area contributed by atoms with Crippen LogP contribution in [0.2, 0.25) is 0 Å². The van der Waals surface area contributed by atoms with Crippen molar-refractivity contribution < 1.29 is 4.74 Å². The van der Waals surface area contributed by atoms with Crippen molar-refractivity contribution in [3.63, 3.8) is 0 Å². The van der Waals surface area contributed by atoms with E-state index < -0.39 is 0 Å². The number of hydrogen-bond acceptors (Lipinski definition) is 3. The minimum atomic E-state index is 0.218. The molecule has 0 spiro atoms. The van der Waals surface area contributed by atoms with Crippen LogP contribution in [0.4, 0.5) is 0 Å². The molecule has 0 N–H and O–H groups in total. The summed E-state index contributed by atoms with van der Waals surface area (Å²) in [4.78, 5) is 2.14. The molecule has 0 unspecified atom stereocenters. The molecule has 3 heteroatoms. The van der Waals surface area contributed by atoms with Gasteiger partial charge < -0.3 is 4.74 Å². The first-order chi connectivity index (χ1) is 8.72. The molecule has 0 saturated carbocycles. The molecule has 0 aliphatic heterocycles. The van der Waals surface area contributed by atoms with Crippen molar-refractivity contribution in [1.82, 2.24) is 4.90 Å². The first kappa shape index (κ1) is 14.3. The molecule has 0 aliphatic carbocycles. The van der Waals surface area contributed by atoms with Crippen molar-refractivity contribution in [3.8, 4) is 11.8 Å². The van der Waals surface area contributed by atoms with E-state index in [1.165, 1.54) is 5.56 Å². The fourth-order valence-electron chi connectivity index (χ4n) is 1.85. The van der Waals surface area contributed by atoms with Gasteiger partial charge in [-0.1, -0.05) is 18.2 Å². The molecule has 0 saturated heterocycles. The molecule has 18 heavy (non-hydrogen) atoms. The lowest BCUT2D eigenvalue weighted by atomic mass is 10.1.